The number of aromatic nitrogens is 2. The van der Waals surface area contributed by atoms with Crippen LogP contribution in [0.3, 0.4) is 0 Å². The summed E-state index contributed by atoms with van der Waals surface area (Å²) in [6, 6.07) is 19.3. The number of nitrogens with zero attached hydrogens (tertiary/aromatic N) is 2. The molecule has 0 amide bonds. The molecule has 0 saturated heterocycles. The predicted octanol–water partition coefficient (Wildman–Crippen LogP) is 3.81. The third kappa shape index (κ3) is 5.07. The van der Waals surface area contributed by atoms with Crippen molar-refractivity contribution in [3.05, 3.63) is 71.2 Å². The van der Waals surface area contributed by atoms with E-state index in [1.165, 1.54) is 5.56 Å². The molecule has 0 spiro atoms. The van der Waals surface area contributed by atoms with Crippen LogP contribution in [0.2, 0.25) is 5.02 Å². The largest absolute Gasteiger partial charge is 0.370 e. The molecule has 0 radical (unpaired) electrons. The number of halogens is 1. The molecular formula is C18H19ClN6. The molecule has 0 aliphatic rings. The third-order valence-corrected chi connectivity index (χ3v) is 3.79. The summed E-state index contributed by atoms with van der Waals surface area (Å²) >= 11 is 5.90. The molecule has 0 aliphatic heterocycles. The molecule has 0 bridgehead atoms. The molecule has 0 saturated carbocycles. The van der Waals surface area contributed by atoms with E-state index in [2.05, 4.69) is 26.0 Å². The van der Waals surface area contributed by atoms with Crippen LogP contribution in [0.15, 0.2) is 60.7 Å². The fourth-order valence-corrected chi connectivity index (χ4v) is 2.43. The Morgan fingerprint density at radius 1 is 0.920 bits per heavy atom. The van der Waals surface area contributed by atoms with Crippen molar-refractivity contribution in [3.63, 3.8) is 0 Å². The Hall–Kier alpha value is -2.83. The Morgan fingerprint density at radius 3 is 2.36 bits per heavy atom. The first kappa shape index (κ1) is 17.0. The fraction of sp³-hybridized carbons (Fsp3) is 0.111. The zero-order valence-corrected chi connectivity index (χ0v) is 14.3. The number of nitrogen functional groups attached to an aromatic ring is 1. The average molecular weight is 355 g/mol. The lowest BCUT2D eigenvalue weighted by Gasteiger charge is -2.11. The van der Waals surface area contributed by atoms with Crippen LogP contribution in [-0.2, 0) is 6.42 Å². The van der Waals surface area contributed by atoms with Gasteiger partial charge < -0.3 is 16.1 Å². The molecule has 0 fully saturated rings. The number of nitrogens with two attached hydrogens (primary N) is 1. The summed E-state index contributed by atoms with van der Waals surface area (Å²) in [5.41, 5.74) is 4.67. The summed E-state index contributed by atoms with van der Waals surface area (Å²) in [6.07, 6.45) is 0.855. The fourth-order valence-electron chi connectivity index (χ4n) is 2.30. The summed E-state index contributed by atoms with van der Waals surface area (Å²) in [6.45, 7) is 0.730. The molecule has 3 aromatic rings. The van der Waals surface area contributed by atoms with Crippen molar-refractivity contribution in [3.8, 4) is 0 Å². The van der Waals surface area contributed by atoms with E-state index in [1.54, 1.807) is 6.07 Å². The summed E-state index contributed by atoms with van der Waals surface area (Å²) in [5, 5.41) is 7.19. The van der Waals surface area contributed by atoms with E-state index in [0.29, 0.717) is 17.6 Å². The second kappa shape index (κ2) is 8.32. The van der Waals surface area contributed by atoms with Crippen LogP contribution in [0, 0.1) is 0 Å². The number of hydrogen-bond donors (Lipinski definition) is 4. The van der Waals surface area contributed by atoms with Crippen molar-refractivity contribution in [1.82, 2.24) is 9.97 Å². The van der Waals surface area contributed by atoms with E-state index in [-0.39, 0.29) is 0 Å². The number of anilines is 4. The van der Waals surface area contributed by atoms with Crippen molar-refractivity contribution in [2.75, 3.05) is 22.6 Å². The highest BCUT2D eigenvalue weighted by Gasteiger charge is 2.04. The Morgan fingerprint density at radius 2 is 1.64 bits per heavy atom. The van der Waals surface area contributed by atoms with Gasteiger partial charge in [0.1, 0.15) is 11.6 Å². The average Bonchev–Trinajstić information content (AvgIpc) is 2.64. The Bertz CT molecular complexity index is 808. The molecular weight excluding hydrogens is 336 g/mol. The second-order valence-corrected chi connectivity index (χ2v) is 5.84. The third-order valence-electron chi connectivity index (χ3n) is 3.54. The highest BCUT2D eigenvalue weighted by molar-refractivity contribution is 6.30. The van der Waals surface area contributed by atoms with Crippen LogP contribution in [0.4, 0.5) is 23.3 Å². The number of benzene rings is 2. The minimum Gasteiger partial charge on any atom is -0.370 e. The molecule has 7 heteroatoms. The van der Waals surface area contributed by atoms with Crippen molar-refractivity contribution in [2.24, 2.45) is 5.84 Å². The van der Waals surface area contributed by atoms with Gasteiger partial charge in [0.05, 0.1) is 0 Å². The molecule has 1 aromatic heterocycles. The van der Waals surface area contributed by atoms with Crippen LogP contribution in [0.5, 0.6) is 0 Å². The first-order chi connectivity index (χ1) is 12.2. The van der Waals surface area contributed by atoms with Gasteiger partial charge in [0.2, 0.25) is 5.95 Å². The minimum absolute atomic E-state index is 0.468. The number of para-hydroxylation sites is 1. The van der Waals surface area contributed by atoms with Crippen molar-refractivity contribution in [2.45, 2.75) is 6.42 Å². The van der Waals surface area contributed by atoms with Crippen LogP contribution >= 0.6 is 11.6 Å². The molecule has 128 valence electrons. The Balaban J connectivity index is 1.65. The first-order valence-electron chi connectivity index (χ1n) is 7.89. The SMILES string of the molecule is NNc1cc(NCCc2ccc(Cl)cc2)nc(Nc2ccccc2)n1. The monoisotopic (exact) mass is 354 g/mol. The molecule has 5 N–H and O–H groups in total. The van der Waals surface area contributed by atoms with Gasteiger partial charge in [-0.05, 0) is 36.2 Å². The normalized spacial score (nSPS) is 10.3. The van der Waals surface area contributed by atoms with Gasteiger partial charge in [-0.1, -0.05) is 41.9 Å². The summed E-state index contributed by atoms with van der Waals surface area (Å²) in [7, 11) is 0. The number of hydrogen-bond acceptors (Lipinski definition) is 6. The van der Waals surface area contributed by atoms with E-state index in [9.17, 15) is 0 Å². The van der Waals surface area contributed by atoms with Gasteiger partial charge in [-0.15, -0.1) is 0 Å². The van der Waals surface area contributed by atoms with Gasteiger partial charge >= 0.3 is 0 Å². The van der Waals surface area contributed by atoms with E-state index < -0.39 is 0 Å². The van der Waals surface area contributed by atoms with Crippen LogP contribution in [0.1, 0.15) is 5.56 Å². The predicted molar refractivity (Wildman–Crippen MR) is 103 cm³/mol. The van der Waals surface area contributed by atoms with E-state index in [0.717, 1.165) is 23.7 Å². The molecule has 25 heavy (non-hydrogen) atoms. The van der Waals surface area contributed by atoms with E-state index >= 15 is 0 Å². The van der Waals surface area contributed by atoms with Gasteiger partial charge in [-0.3, -0.25) is 0 Å². The van der Waals surface area contributed by atoms with Crippen molar-refractivity contribution in [1.29, 1.82) is 0 Å². The lowest BCUT2D eigenvalue weighted by molar-refractivity contribution is 1.000. The topological polar surface area (TPSA) is 87.9 Å². The van der Waals surface area contributed by atoms with Gasteiger partial charge in [0.25, 0.3) is 0 Å². The maximum absolute atomic E-state index is 5.90. The number of nitrogens with one attached hydrogen (secondary N) is 3. The zero-order valence-electron chi connectivity index (χ0n) is 13.5. The van der Waals surface area contributed by atoms with Gasteiger partial charge in [0.15, 0.2) is 0 Å². The molecule has 0 aliphatic carbocycles. The van der Waals surface area contributed by atoms with Crippen molar-refractivity contribution >= 4 is 34.9 Å². The molecule has 1 heterocycles. The second-order valence-electron chi connectivity index (χ2n) is 5.40. The highest BCUT2D eigenvalue weighted by atomic mass is 35.5. The van der Waals surface area contributed by atoms with Crippen LogP contribution in [-0.4, -0.2) is 16.5 Å². The quantitative estimate of drug-likeness (QED) is 0.381. The van der Waals surface area contributed by atoms with Gasteiger partial charge in [0, 0.05) is 23.3 Å². The standard InChI is InChI=1S/C18H19ClN6/c19-14-8-6-13(7-9-14)10-11-21-16-12-17(25-20)24-18(23-16)22-15-4-2-1-3-5-15/h1-9,12H,10-11,20H2,(H3,21,22,23,24,25). The molecule has 3 rings (SSSR count). The van der Waals surface area contributed by atoms with Gasteiger partial charge in [-0.2, -0.15) is 9.97 Å². The Labute approximate surface area is 151 Å². The zero-order chi connectivity index (χ0) is 17.5. The van der Waals surface area contributed by atoms with E-state index in [1.807, 2.05) is 54.6 Å². The molecule has 0 atom stereocenters. The Kier molecular flexibility index (Phi) is 5.66. The lowest BCUT2D eigenvalue weighted by atomic mass is 10.1. The molecule has 0 unspecified atom stereocenters. The number of hydrazine groups is 1. The molecule has 6 nitrogen and oxygen atoms in total. The number of rotatable bonds is 7. The van der Waals surface area contributed by atoms with Crippen LogP contribution in [0.25, 0.3) is 0 Å². The maximum atomic E-state index is 5.90. The van der Waals surface area contributed by atoms with Crippen LogP contribution < -0.4 is 21.9 Å². The summed E-state index contributed by atoms with van der Waals surface area (Å²) < 4.78 is 0. The lowest BCUT2D eigenvalue weighted by Crippen LogP contribution is -2.13. The van der Waals surface area contributed by atoms with E-state index in [4.69, 9.17) is 17.4 Å². The minimum atomic E-state index is 0.468. The first-order valence-corrected chi connectivity index (χ1v) is 8.27. The molecule has 2 aromatic carbocycles. The summed E-state index contributed by atoms with van der Waals surface area (Å²) in [4.78, 5) is 8.78. The highest BCUT2D eigenvalue weighted by Crippen LogP contribution is 2.18. The van der Waals surface area contributed by atoms with Crippen molar-refractivity contribution < 1.29 is 0 Å². The van der Waals surface area contributed by atoms with Gasteiger partial charge in [-0.25, -0.2) is 5.84 Å². The maximum Gasteiger partial charge on any atom is 0.231 e. The summed E-state index contributed by atoms with van der Waals surface area (Å²) in [5.74, 6) is 7.19. The smallest absolute Gasteiger partial charge is 0.231 e.